The van der Waals surface area contributed by atoms with Gasteiger partial charge in [-0.05, 0) is 85.9 Å². The molecule has 8 fully saturated rings. The summed E-state index contributed by atoms with van der Waals surface area (Å²) in [5, 5.41) is 0. The molecule has 13 nitrogen and oxygen atoms in total. The maximum atomic E-state index is 14.9. The third kappa shape index (κ3) is 4.54. The first-order valence-corrected chi connectivity index (χ1v) is 22.2. The summed E-state index contributed by atoms with van der Waals surface area (Å²) in [6.45, 7) is 9.66. The molecule has 4 aliphatic carbocycles. The Labute approximate surface area is 302 Å². The topological polar surface area (TPSA) is 155 Å². The van der Waals surface area contributed by atoms with E-state index in [1.54, 1.807) is 0 Å². The second-order valence-corrected chi connectivity index (χ2v) is 21.8. The molecule has 10 atom stereocenters. The summed E-state index contributed by atoms with van der Waals surface area (Å²) in [6, 6.07) is 0. The van der Waals surface area contributed by atoms with E-state index >= 15 is 0 Å². The fourth-order valence-electron chi connectivity index (χ4n) is 13.7. The molecule has 1 unspecified atom stereocenters. The van der Waals surface area contributed by atoms with Crippen LogP contribution in [0.4, 0.5) is 0 Å². The van der Waals surface area contributed by atoms with Crippen LogP contribution in [0.1, 0.15) is 91.9 Å². The summed E-state index contributed by atoms with van der Waals surface area (Å²) in [6.07, 6.45) is 4.88. The van der Waals surface area contributed by atoms with Crippen molar-refractivity contribution in [2.45, 2.75) is 116 Å². The number of esters is 2. The van der Waals surface area contributed by atoms with Gasteiger partial charge in [-0.3, -0.25) is 0 Å². The van der Waals surface area contributed by atoms with Crippen LogP contribution in [-0.2, 0) is 53.3 Å². The molecule has 0 aromatic carbocycles. The molecule has 0 aromatic rings. The first-order chi connectivity index (χ1) is 23.9. The van der Waals surface area contributed by atoms with Crippen molar-refractivity contribution in [1.29, 1.82) is 0 Å². The number of hydrogen-bond donors (Lipinski definition) is 0. The molecule has 4 saturated heterocycles. The summed E-state index contributed by atoms with van der Waals surface area (Å²) in [7, 11) is -6.25. The zero-order valence-electron chi connectivity index (χ0n) is 31.0. The SMILES string of the molecule is COC(=O)[C@]1(O[C@@]2(C(=O)OC)CCCN2S(=O)(=O)C[C@]23CC[C@@H]([C@@H]4CCO[C@@H]42)C3(C)C)CCCN1S(=O)(=O)C[C@@]12CCC([C@@H]3CCO[C@@H]31)C2(C)C. The number of carbonyl (C=O) groups is 2. The molecular formula is C36H56N2O11S2. The minimum absolute atomic E-state index is 0.0462. The van der Waals surface area contributed by atoms with Crippen LogP contribution >= 0.6 is 0 Å². The van der Waals surface area contributed by atoms with E-state index < -0.39 is 54.3 Å². The molecule has 51 heavy (non-hydrogen) atoms. The van der Waals surface area contributed by atoms with Crippen LogP contribution < -0.4 is 0 Å². The highest BCUT2D eigenvalue weighted by Crippen LogP contribution is 2.72. The number of methoxy groups -OCH3 is 2. The Kier molecular flexibility index (Phi) is 8.31. The van der Waals surface area contributed by atoms with Gasteiger partial charge in [0.2, 0.25) is 31.5 Å². The van der Waals surface area contributed by atoms with E-state index in [2.05, 4.69) is 27.7 Å². The Morgan fingerprint density at radius 2 is 1.04 bits per heavy atom. The number of nitrogens with zero attached hydrogens (tertiary/aromatic N) is 2. The average Bonchev–Trinajstić information content (AvgIpc) is 3.93. The number of ether oxygens (including phenoxy) is 5. The normalized spacial score (nSPS) is 45.4. The van der Waals surface area contributed by atoms with E-state index in [0.717, 1.165) is 48.5 Å². The summed E-state index contributed by atoms with van der Waals surface area (Å²) in [5.74, 6) is -1.23. The van der Waals surface area contributed by atoms with E-state index in [-0.39, 0.29) is 85.2 Å². The van der Waals surface area contributed by atoms with Crippen LogP contribution in [0.3, 0.4) is 0 Å². The fourth-order valence-corrected chi connectivity index (χ4v) is 18.8. The summed E-state index contributed by atoms with van der Waals surface area (Å²) >= 11 is 0. The minimum Gasteiger partial charge on any atom is -0.466 e. The second kappa shape index (κ2) is 11.6. The molecule has 0 spiro atoms. The highest BCUT2D eigenvalue weighted by atomic mass is 32.2. The number of sulfonamides is 2. The fraction of sp³-hybridized carbons (Fsp3) is 0.944. The molecule has 4 bridgehead atoms. The van der Waals surface area contributed by atoms with Gasteiger partial charge >= 0.3 is 11.9 Å². The van der Waals surface area contributed by atoms with Gasteiger partial charge in [0, 0.05) is 50.0 Å². The quantitative estimate of drug-likeness (QED) is 0.302. The number of fused-ring (bicyclic) bond motifs is 10. The monoisotopic (exact) mass is 756 g/mol. The van der Waals surface area contributed by atoms with Gasteiger partial charge in [0.05, 0.1) is 37.9 Å². The van der Waals surface area contributed by atoms with Gasteiger partial charge in [-0.25, -0.2) is 26.4 Å². The number of carbonyl (C=O) groups excluding carboxylic acids is 2. The first-order valence-electron chi connectivity index (χ1n) is 19.0. The predicted octanol–water partition coefficient (Wildman–Crippen LogP) is 3.28. The first kappa shape index (κ1) is 36.6. The van der Waals surface area contributed by atoms with Crippen LogP contribution in [0.5, 0.6) is 0 Å². The van der Waals surface area contributed by atoms with Gasteiger partial charge < -0.3 is 23.7 Å². The van der Waals surface area contributed by atoms with Crippen LogP contribution in [0, 0.1) is 45.3 Å². The van der Waals surface area contributed by atoms with Crippen LogP contribution in [0.2, 0.25) is 0 Å². The molecule has 0 N–H and O–H groups in total. The molecule has 15 heteroatoms. The van der Waals surface area contributed by atoms with Crippen molar-refractivity contribution in [2.75, 3.05) is 52.0 Å². The lowest BCUT2D eigenvalue weighted by Gasteiger charge is -2.47. The zero-order valence-corrected chi connectivity index (χ0v) is 32.6. The van der Waals surface area contributed by atoms with E-state index in [1.807, 2.05) is 0 Å². The molecule has 8 rings (SSSR count). The molecular weight excluding hydrogens is 701 g/mol. The van der Waals surface area contributed by atoms with Gasteiger partial charge in [0.25, 0.3) is 0 Å². The molecule has 0 radical (unpaired) electrons. The zero-order chi connectivity index (χ0) is 36.6. The lowest BCUT2D eigenvalue weighted by atomic mass is 9.69. The molecule has 4 heterocycles. The Hall–Kier alpha value is -1.36. The van der Waals surface area contributed by atoms with E-state index in [9.17, 15) is 26.4 Å². The van der Waals surface area contributed by atoms with Gasteiger partial charge in [0.15, 0.2) is 0 Å². The Morgan fingerprint density at radius 1 is 0.647 bits per heavy atom. The van der Waals surface area contributed by atoms with E-state index in [1.165, 1.54) is 0 Å². The lowest BCUT2D eigenvalue weighted by Crippen LogP contribution is -2.67. The number of rotatable bonds is 10. The molecule has 8 aliphatic rings. The molecule has 0 amide bonds. The molecule has 288 valence electrons. The molecule has 0 aromatic heterocycles. The smallest absolute Gasteiger partial charge is 0.354 e. The van der Waals surface area contributed by atoms with Crippen LogP contribution in [0.25, 0.3) is 0 Å². The molecule has 4 aliphatic heterocycles. The minimum atomic E-state index is -4.27. The predicted molar refractivity (Wildman–Crippen MR) is 184 cm³/mol. The van der Waals surface area contributed by atoms with Crippen molar-refractivity contribution in [3.05, 3.63) is 0 Å². The van der Waals surface area contributed by atoms with Gasteiger partial charge in [-0.15, -0.1) is 0 Å². The van der Waals surface area contributed by atoms with Gasteiger partial charge in [-0.1, -0.05) is 27.7 Å². The summed E-state index contributed by atoms with van der Waals surface area (Å²) in [5.41, 5.74) is -6.53. The second-order valence-electron chi connectivity index (χ2n) is 18.1. The third-order valence-corrected chi connectivity index (χ3v) is 20.1. The summed E-state index contributed by atoms with van der Waals surface area (Å²) in [4.78, 5) is 28.1. The third-order valence-electron chi connectivity index (χ3n) is 16.1. The highest BCUT2D eigenvalue weighted by Gasteiger charge is 2.74. The van der Waals surface area contributed by atoms with Crippen molar-refractivity contribution in [1.82, 2.24) is 8.61 Å². The van der Waals surface area contributed by atoms with Crippen molar-refractivity contribution in [3.63, 3.8) is 0 Å². The van der Waals surface area contributed by atoms with E-state index in [4.69, 9.17) is 23.7 Å². The van der Waals surface area contributed by atoms with Crippen molar-refractivity contribution >= 4 is 32.0 Å². The lowest BCUT2D eigenvalue weighted by molar-refractivity contribution is -0.241. The standard InChI is InChI=1S/C36H56N2O11S2/c1-31(2)25-9-15-33(31,27-23(25)11-19-47-27)21-50(41,42)37-17-7-13-35(37,29(39)45-5)49-36(30(40)46-6)14-8-18-38(36)51(43,44)22-34-16-10-26(32(34,3)4)24-12-20-48-28(24)34/h23-28H,7-22H2,1-6H3/t23-,24-,25-,26?,27-,28-,33+,34-,35+,36+/m0/s1. The highest BCUT2D eigenvalue weighted by molar-refractivity contribution is 7.89. The number of hydrogen-bond acceptors (Lipinski definition) is 11. The Morgan fingerprint density at radius 3 is 1.41 bits per heavy atom. The van der Waals surface area contributed by atoms with Crippen LogP contribution in [0.15, 0.2) is 0 Å². The maximum absolute atomic E-state index is 14.9. The van der Waals surface area contributed by atoms with Gasteiger partial charge in [-0.2, -0.15) is 8.61 Å². The van der Waals surface area contributed by atoms with Crippen molar-refractivity contribution < 1.29 is 50.1 Å². The Balaban J connectivity index is 1.16. The van der Waals surface area contributed by atoms with Crippen LogP contribution in [-0.4, -0.2) is 113 Å². The van der Waals surface area contributed by atoms with Gasteiger partial charge in [0.1, 0.15) is 0 Å². The van der Waals surface area contributed by atoms with Crippen molar-refractivity contribution in [2.24, 2.45) is 45.3 Å². The molecule has 4 saturated carbocycles. The summed E-state index contributed by atoms with van der Waals surface area (Å²) < 4.78 is 91.5. The average molecular weight is 757 g/mol. The maximum Gasteiger partial charge on any atom is 0.354 e. The van der Waals surface area contributed by atoms with E-state index in [0.29, 0.717) is 37.9 Å². The van der Waals surface area contributed by atoms with Crippen molar-refractivity contribution in [3.8, 4) is 0 Å². The largest absolute Gasteiger partial charge is 0.466 e. The Bertz CT molecular complexity index is 1580.